The molecule has 0 N–H and O–H groups in total. The van der Waals surface area contributed by atoms with Crippen LogP contribution in [0.25, 0.3) is 0 Å². The molecule has 2 aliphatic rings. The number of nitrogens with zero attached hydrogens (tertiary/aromatic N) is 4. The maximum atomic E-state index is 6.36. The van der Waals surface area contributed by atoms with Gasteiger partial charge in [-0.1, -0.05) is 23.7 Å². The number of hydrogen-bond acceptors (Lipinski definition) is 4. The molecule has 0 unspecified atom stereocenters. The van der Waals surface area contributed by atoms with E-state index in [-0.39, 0.29) is 6.10 Å². The van der Waals surface area contributed by atoms with E-state index < -0.39 is 0 Å². The lowest BCUT2D eigenvalue weighted by Crippen LogP contribution is -2.40. The summed E-state index contributed by atoms with van der Waals surface area (Å²) in [5, 5.41) is 9.21. The summed E-state index contributed by atoms with van der Waals surface area (Å²) in [6.07, 6.45) is 3.97. The van der Waals surface area contributed by atoms with Gasteiger partial charge in [0.25, 0.3) is 0 Å². The molecule has 5 nitrogen and oxygen atoms in total. The summed E-state index contributed by atoms with van der Waals surface area (Å²) in [5.41, 5.74) is 2.70. The van der Waals surface area contributed by atoms with Gasteiger partial charge in [-0.2, -0.15) is 0 Å². The van der Waals surface area contributed by atoms with Crippen molar-refractivity contribution in [3.63, 3.8) is 0 Å². The van der Waals surface area contributed by atoms with Crippen LogP contribution in [-0.2, 0) is 17.7 Å². The minimum Gasteiger partial charge on any atom is -0.368 e. The van der Waals surface area contributed by atoms with Gasteiger partial charge in [-0.15, -0.1) is 10.2 Å². The second kappa shape index (κ2) is 6.23. The van der Waals surface area contributed by atoms with Crippen molar-refractivity contribution in [1.29, 1.82) is 0 Å². The summed E-state index contributed by atoms with van der Waals surface area (Å²) in [7, 11) is 0. The maximum Gasteiger partial charge on any atom is 0.163 e. The number of benzene rings is 1. The minimum absolute atomic E-state index is 0.00515. The first kappa shape index (κ1) is 15.1. The summed E-state index contributed by atoms with van der Waals surface area (Å²) < 4.78 is 8.04. The monoisotopic (exact) mass is 332 g/mol. The van der Waals surface area contributed by atoms with Gasteiger partial charge < -0.3 is 9.30 Å². The molecule has 23 heavy (non-hydrogen) atoms. The van der Waals surface area contributed by atoms with Crippen molar-refractivity contribution in [2.75, 3.05) is 19.7 Å². The third-order valence-corrected chi connectivity index (χ3v) is 5.35. The highest BCUT2D eigenvalue weighted by Crippen LogP contribution is 2.40. The number of halogens is 1. The van der Waals surface area contributed by atoms with E-state index in [0.717, 1.165) is 49.9 Å². The average Bonchev–Trinajstić information content (AvgIpc) is 3.22. The quantitative estimate of drug-likeness (QED) is 0.866. The van der Waals surface area contributed by atoms with Crippen LogP contribution in [0.2, 0.25) is 5.02 Å². The third-order valence-electron chi connectivity index (χ3n) is 4.99. The predicted octanol–water partition coefficient (Wildman–Crippen LogP) is 3.01. The number of morpholine rings is 1. The van der Waals surface area contributed by atoms with Crippen LogP contribution in [0.15, 0.2) is 24.5 Å². The Kier molecular flexibility index (Phi) is 4.09. The van der Waals surface area contributed by atoms with E-state index in [1.165, 1.54) is 11.1 Å². The first-order chi connectivity index (χ1) is 11.3. The van der Waals surface area contributed by atoms with Crippen molar-refractivity contribution < 1.29 is 4.74 Å². The molecular weight excluding hydrogens is 312 g/mol. The topological polar surface area (TPSA) is 43.2 Å². The van der Waals surface area contributed by atoms with Crippen LogP contribution in [0.3, 0.4) is 0 Å². The molecule has 6 heteroatoms. The second-order valence-electron chi connectivity index (χ2n) is 6.19. The fraction of sp³-hybridized carbons (Fsp3) is 0.529. The Labute approximate surface area is 141 Å². The number of ether oxygens (including phenoxy) is 1. The molecule has 1 saturated heterocycles. The fourth-order valence-electron chi connectivity index (χ4n) is 3.83. The zero-order valence-corrected chi connectivity index (χ0v) is 14.0. The van der Waals surface area contributed by atoms with Crippen LogP contribution in [0.4, 0.5) is 0 Å². The fourth-order valence-corrected chi connectivity index (χ4v) is 4.11. The molecule has 0 saturated carbocycles. The third kappa shape index (κ3) is 2.67. The molecular formula is C17H21ClN4O. The lowest BCUT2D eigenvalue weighted by atomic mass is 10.1. The smallest absolute Gasteiger partial charge is 0.163 e. The van der Waals surface area contributed by atoms with Gasteiger partial charge in [0.05, 0.1) is 6.61 Å². The van der Waals surface area contributed by atoms with Crippen molar-refractivity contribution in [3.8, 4) is 0 Å². The molecule has 122 valence electrons. The zero-order valence-electron chi connectivity index (χ0n) is 13.3. The highest BCUT2D eigenvalue weighted by Gasteiger charge is 2.34. The van der Waals surface area contributed by atoms with Gasteiger partial charge in [0, 0.05) is 30.7 Å². The molecule has 0 spiro atoms. The average molecular weight is 333 g/mol. The Balaban J connectivity index is 1.56. The summed E-state index contributed by atoms with van der Waals surface area (Å²) >= 11 is 6.36. The lowest BCUT2D eigenvalue weighted by Gasteiger charge is -2.36. The van der Waals surface area contributed by atoms with Crippen LogP contribution in [-0.4, -0.2) is 39.4 Å². The van der Waals surface area contributed by atoms with Crippen molar-refractivity contribution in [2.45, 2.75) is 38.5 Å². The Morgan fingerprint density at radius 1 is 1.39 bits per heavy atom. The van der Waals surface area contributed by atoms with Crippen LogP contribution >= 0.6 is 11.6 Å². The predicted molar refractivity (Wildman–Crippen MR) is 88.5 cm³/mol. The van der Waals surface area contributed by atoms with Crippen molar-refractivity contribution >= 4 is 11.6 Å². The van der Waals surface area contributed by atoms with E-state index in [1.54, 1.807) is 6.33 Å². The second-order valence-corrected chi connectivity index (χ2v) is 6.60. The van der Waals surface area contributed by atoms with E-state index in [9.17, 15) is 0 Å². The number of fused-ring (bicyclic) bond motifs is 1. The molecule has 1 aromatic heterocycles. The van der Waals surface area contributed by atoms with E-state index >= 15 is 0 Å². The molecule has 0 radical (unpaired) electrons. The molecule has 1 fully saturated rings. The number of hydrogen-bond donors (Lipinski definition) is 0. The van der Waals surface area contributed by atoms with Crippen LogP contribution in [0.5, 0.6) is 0 Å². The van der Waals surface area contributed by atoms with Crippen LogP contribution in [0, 0.1) is 0 Å². The molecule has 2 aromatic rings. The van der Waals surface area contributed by atoms with Crippen LogP contribution < -0.4 is 0 Å². The summed E-state index contributed by atoms with van der Waals surface area (Å²) in [4.78, 5) is 2.52. The Morgan fingerprint density at radius 2 is 2.30 bits per heavy atom. The van der Waals surface area contributed by atoms with Gasteiger partial charge in [-0.3, -0.25) is 4.90 Å². The van der Waals surface area contributed by atoms with Crippen LogP contribution in [0.1, 0.15) is 42.4 Å². The van der Waals surface area contributed by atoms with Gasteiger partial charge in [-0.05, 0) is 37.0 Å². The standard InChI is InChI=1S/C17H21ClN4O/c1-2-21-11-19-20-17(21)16-10-22(8-9-23-16)15-7-6-12-13(15)4-3-5-14(12)18/h3-5,11,15-16H,2,6-10H2,1H3/t15-,16+/m1/s1. The zero-order chi connectivity index (χ0) is 15.8. The SMILES string of the molecule is CCn1cnnc1[C@@H]1CN([C@@H]2CCc3c(Cl)cccc32)CCO1. The van der Waals surface area contributed by atoms with E-state index in [1.807, 2.05) is 6.07 Å². The van der Waals surface area contributed by atoms with Gasteiger partial charge in [-0.25, -0.2) is 0 Å². The number of aromatic nitrogens is 3. The van der Waals surface area contributed by atoms with E-state index in [4.69, 9.17) is 16.3 Å². The van der Waals surface area contributed by atoms with Gasteiger partial charge in [0.1, 0.15) is 12.4 Å². The molecule has 1 aliphatic heterocycles. The van der Waals surface area contributed by atoms with E-state index in [2.05, 4.69) is 38.7 Å². The highest BCUT2D eigenvalue weighted by molar-refractivity contribution is 6.31. The highest BCUT2D eigenvalue weighted by atomic mass is 35.5. The Bertz CT molecular complexity index is 702. The molecule has 4 rings (SSSR count). The molecule has 0 bridgehead atoms. The largest absolute Gasteiger partial charge is 0.368 e. The van der Waals surface area contributed by atoms with Crippen molar-refractivity contribution in [2.24, 2.45) is 0 Å². The Hall–Kier alpha value is -1.43. The Morgan fingerprint density at radius 3 is 3.17 bits per heavy atom. The summed E-state index contributed by atoms with van der Waals surface area (Å²) in [5.74, 6) is 0.932. The van der Waals surface area contributed by atoms with Crippen molar-refractivity contribution in [1.82, 2.24) is 19.7 Å². The molecule has 2 atom stereocenters. The summed E-state index contributed by atoms with van der Waals surface area (Å²) in [6, 6.07) is 6.71. The van der Waals surface area contributed by atoms with Gasteiger partial charge >= 0.3 is 0 Å². The number of aryl methyl sites for hydroxylation is 1. The number of rotatable bonds is 3. The van der Waals surface area contributed by atoms with Gasteiger partial charge in [0.15, 0.2) is 5.82 Å². The molecule has 1 aliphatic carbocycles. The van der Waals surface area contributed by atoms with E-state index in [0.29, 0.717) is 6.04 Å². The van der Waals surface area contributed by atoms with Gasteiger partial charge in [0.2, 0.25) is 0 Å². The minimum atomic E-state index is -0.00515. The summed E-state index contributed by atoms with van der Waals surface area (Å²) in [6.45, 7) is 5.50. The maximum absolute atomic E-state index is 6.36. The normalized spacial score (nSPS) is 24.8. The molecule has 1 aromatic carbocycles. The lowest BCUT2D eigenvalue weighted by molar-refractivity contribution is -0.0508. The van der Waals surface area contributed by atoms with Crippen molar-refractivity contribution in [3.05, 3.63) is 46.5 Å². The first-order valence-corrected chi connectivity index (χ1v) is 8.66. The molecule has 2 heterocycles. The first-order valence-electron chi connectivity index (χ1n) is 8.28. The molecule has 0 amide bonds.